The molecule has 1 fully saturated rings. The lowest BCUT2D eigenvalue weighted by Gasteiger charge is -2.20. The van der Waals surface area contributed by atoms with Crippen LogP contribution in [0.3, 0.4) is 0 Å². The van der Waals surface area contributed by atoms with Gasteiger partial charge >= 0.3 is 12.6 Å². The van der Waals surface area contributed by atoms with Crippen LogP contribution in [0.4, 0.5) is 8.78 Å². The minimum atomic E-state index is -2.88. The van der Waals surface area contributed by atoms with Gasteiger partial charge in [0.1, 0.15) is 5.75 Å². The SMILES string of the molecule is CCOC(=O)C1CNCC1c1ccccc1OC(F)F. The molecule has 1 saturated heterocycles. The van der Waals surface area contributed by atoms with Gasteiger partial charge in [-0.25, -0.2) is 0 Å². The van der Waals surface area contributed by atoms with Gasteiger partial charge in [-0.15, -0.1) is 0 Å². The van der Waals surface area contributed by atoms with Crippen molar-refractivity contribution in [1.29, 1.82) is 0 Å². The first-order chi connectivity index (χ1) is 9.63. The van der Waals surface area contributed by atoms with Crippen molar-refractivity contribution in [2.75, 3.05) is 19.7 Å². The molecule has 1 N–H and O–H groups in total. The number of halogens is 2. The van der Waals surface area contributed by atoms with E-state index < -0.39 is 6.61 Å². The van der Waals surface area contributed by atoms with Crippen molar-refractivity contribution >= 4 is 5.97 Å². The van der Waals surface area contributed by atoms with Crippen LogP contribution in [-0.4, -0.2) is 32.3 Å². The molecule has 0 saturated carbocycles. The third-order valence-corrected chi connectivity index (χ3v) is 3.34. The molecule has 1 aliphatic rings. The smallest absolute Gasteiger partial charge is 0.387 e. The fourth-order valence-electron chi connectivity index (χ4n) is 2.49. The highest BCUT2D eigenvalue weighted by Crippen LogP contribution is 2.35. The Kier molecular flexibility index (Phi) is 4.89. The molecule has 1 aromatic rings. The van der Waals surface area contributed by atoms with Gasteiger partial charge in [0.25, 0.3) is 0 Å². The van der Waals surface area contributed by atoms with E-state index in [9.17, 15) is 13.6 Å². The molecule has 110 valence electrons. The van der Waals surface area contributed by atoms with Crippen molar-refractivity contribution in [3.8, 4) is 5.75 Å². The number of carbonyl (C=O) groups excluding carboxylic acids is 1. The zero-order valence-corrected chi connectivity index (χ0v) is 11.1. The van der Waals surface area contributed by atoms with Gasteiger partial charge < -0.3 is 14.8 Å². The summed E-state index contributed by atoms with van der Waals surface area (Å²) >= 11 is 0. The first-order valence-electron chi connectivity index (χ1n) is 6.54. The molecule has 0 bridgehead atoms. The Labute approximate surface area is 116 Å². The average Bonchev–Trinajstić information content (AvgIpc) is 2.88. The molecule has 0 aliphatic carbocycles. The number of hydrogen-bond donors (Lipinski definition) is 1. The Morgan fingerprint density at radius 2 is 2.15 bits per heavy atom. The van der Waals surface area contributed by atoms with Crippen LogP contribution in [-0.2, 0) is 9.53 Å². The van der Waals surface area contributed by atoms with Crippen molar-refractivity contribution < 1.29 is 23.0 Å². The number of benzene rings is 1. The van der Waals surface area contributed by atoms with Gasteiger partial charge in [0.2, 0.25) is 0 Å². The standard InChI is InChI=1S/C14H17F2NO3/c1-2-19-13(18)11-8-17-7-10(11)9-5-3-4-6-12(9)20-14(15)16/h3-6,10-11,14,17H,2,7-8H2,1H3. The van der Waals surface area contributed by atoms with E-state index in [-0.39, 0.29) is 23.6 Å². The fourth-order valence-corrected chi connectivity index (χ4v) is 2.49. The van der Waals surface area contributed by atoms with Crippen molar-refractivity contribution in [3.05, 3.63) is 29.8 Å². The third kappa shape index (κ3) is 3.25. The predicted octanol–water partition coefficient (Wildman–Crippen LogP) is 2.15. The molecule has 20 heavy (non-hydrogen) atoms. The number of ether oxygens (including phenoxy) is 2. The second-order valence-electron chi connectivity index (χ2n) is 4.54. The first kappa shape index (κ1) is 14.7. The van der Waals surface area contributed by atoms with Crippen molar-refractivity contribution in [2.24, 2.45) is 5.92 Å². The van der Waals surface area contributed by atoms with E-state index in [1.54, 1.807) is 25.1 Å². The average molecular weight is 285 g/mol. The summed E-state index contributed by atoms with van der Waals surface area (Å²) in [6.45, 7) is 0.173. The number of carbonyl (C=O) groups is 1. The van der Waals surface area contributed by atoms with Crippen LogP contribution in [0.25, 0.3) is 0 Å². The molecule has 0 amide bonds. The molecule has 1 aromatic carbocycles. The Morgan fingerprint density at radius 3 is 2.85 bits per heavy atom. The van der Waals surface area contributed by atoms with Crippen LogP contribution in [0.1, 0.15) is 18.4 Å². The normalized spacial score (nSPS) is 22.0. The summed E-state index contributed by atoms with van der Waals surface area (Å²) in [6.07, 6.45) is 0. The van der Waals surface area contributed by atoms with Crippen LogP contribution in [0.15, 0.2) is 24.3 Å². The minimum Gasteiger partial charge on any atom is -0.466 e. The Hall–Kier alpha value is -1.69. The van der Waals surface area contributed by atoms with Gasteiger partial charge in [0.15, 0.2) is 0 Å². The quantitative estimate of drug-likeness (QED) is 0.842. The number of hydrogen-bond acceptors (Lipinski definition) is 4. The Bertz CT molecular complexity index is 467. The zero-order chi connectivity index (χ0) is 14.5. The molecule has 0 spiro atoms. The van der Waals surface area contributed by atoms with Crippen LogP contribution < -0.4 is 10.1 Å². The van der Waals surface area contributed by atoms with Gasteiger partial charge in [0.05, 0.1) is 12.5 Å². The van der Waals surface area contributed by atoms with Crippen LogP contribution >= 0.6 is 0 Å². The van der Waals surface area contributed by atoms with Crippen molar-refractivity contribution in [3.63, 3.8) is 0 Å². The summed E-state index contributed by atoms with van der Waals surface area (Å²) in [7, 11) is 0. The van der Waals surface area contributed by atoms with Crippen LogP contribution in [0, 0.1) is 5.92 Å². The monoisotopic (exact) mass is 285 g/mol. The highest BCUT2D eigenvalue weighted by Gasteiger charge is 2.36. The van der Waals surface area contributed by atoms with Gasteiger partial charge in [-0.1, -0.05) is 18.2 Å². The maximum Gasteiger partial charge on any atom is 0.387 e. The number of esters is 1. The maximum atomic E-state index is 12.4. The molecule has 2 unspecified atom stereocenters. The topological polar surface area (TPSA) is 47.6 Å². The lowest BCUT2D eigenvalue weighted by molar-refractivity contribution is -0.147. The molecule has 6 heteroatoms. The lowest BCUT2D eigenvalue weighted by atomic mass is 9.88. The van der Waals surface area contributed by atoms with E-state index in [2.05, 4.69) is 10.1 Å². The summed E-state index contributed by atoms with van der Waals surface area (Å²) in [5.41, 5.74) is 0.607. The second-order valence-corrected chi connectivity index (χ2v) is 4.54. The van der Waals surface area contributed by atoms with E-state index in [1.807, 2.05) is 0 Å². The predicted molar refractivity (Wildman–Crippen MR) is 68.8 cm³/mol. The third-order valence-electron chi connectivity index (χ3n) is 3.34. The van der Waals surface area contributed by atoms with E-state index >= 15 is 0 Å². The molecule has 2 rings (SSSR count). The summed E-state index contributed by atoms with van der Waals surface area (Å²) in [4.78, 5) is 11.9. The molecule has 0 aromatic heterocycles. The summed E-state index contributed by atoms with van der Waals surface area (Å²) in [6, 6.07) is 6.57. The maximum absolute atomic E-state index is 12.4. The van der Waals surface area contributed by atoms with Crippen LogP contribution in [0.5, 0.6) is 5.75 Å². The molecular weight excluding hydrogens is 268 g/mol. The molecular formula is C14H17F2NO3. The summed E-state index contributed by atoms with van der Waals surface area (Å²) in [5.74, 6) is -0.791. The molecule has 4 nitrogen and oxygen atoms in total. The molecule has 1 aliphatic heterocycles. The van der Waals surface area contributed by atoms with Gasteiger partial charge in [-0.2, -0.15) is 8.78 Å². The summed E-state index contributed by atoms with van der Waals surface area (Å²) < 4.78 is 34.4. The van der Waals surface area contributed by atoms with E-state index in [4.69, 9.17) is 4.74 Å². The lowest BCUT2D eigenvalue weighted by Crippen LogP contribution is -2.24. The molecule has 2 atom stereocenters. The number of nitrogens with one attached hydrogen (secondary N) is 1. The van der Waals surface area contributed by atoms with E-state index in [0.29, 0.717) is 25.3 Å². The molecule has 0 radical (unpaired) electrons. The van der Waals surface area contributed by atoms with Crippen molar-refractivity contribution in [1.82, 2.24) is 5.32 Å². The molecule has 1 heterocycles. The minimum absolute atomic E-state index is 0.116. The zero-order valence-electron chi connectivity index (χ0n) is 11.1. The number of alkyl halides is 2. The fraction of sp³-hybridized carbons (Fsp3) is 0.500. The first-order valence-corrected chi connectivity index (χ1v) is 6.54. The number of para-hydroxylation sites is 1. The van der Waals surface area contributed by atoms with E-state index in [0.717, 1.165) is 0 Å². The highest BCUT2D eigenvalue weighted by atomic mass is 19.3. The second kappa shape index (κ2) is 6.65. The number of rotatable bonds is 5. The van der Waals surface area contributed by atoms with Gasteiger partial charge in [-0.3, -0.25) is 4.79 Å². The Morgan fingerprint density at radius 1 is 1.40 bits per heavy atom. The largest absolute Gasteiger partial charge is 0.466 e. The van der Waals surface area contributed by atoms with Crippen LogP contribution in [0.2, 0.25) is 0 Å². The van der Waals surface area contributed by atoms with E-state index in [1.165, 1.54) is 6.07 Å². The highest BCUT2D eigenvalue weighted by molar-refractivity contribution is 5.75. The van der Waals surface area contributed by atoms with Gasteiger partial charge in [-0.05, 0) is 18.6 Å². The van der Waals surface area contributed by atoms with Gasteiger partial charge in [0, 0.05) is 19.0 Å². The summed E-state index contributed by atoms with van der Waals surface area (Å²) in [5, 5.41) is 3.10. The van der Waals surface area contributed by atoms with Crippen molar-refractivity contribution in [2.45, 2.75) is 19.5 Å². The Balaban J connectivity index is 2.23.